The molecular formula is C18H18O2. The summed E-state index contributed by atoms with van der Waals surface area (Å²) in [5.41, 5.74) is 3.49. The van der Waals surface area contributed by atoms with Crippen molar-refractivity contribution in [2.75, 3.05) is 0 Å². The fraction of sp³-hybridized carbons (Fsp3) is 0.333. The SMILES string of the molecule is O[C@@H]1CC(c2ccc(C3CC3)cc2)Oc2ccccc21. The van der Waals surface area contributed by atoms with Crippen LogP contribution in [0.3, 0.4) is 0 Å². The second-order valence-corrected chi connectivity index (χ2v) is 5.84. The number of rotatable bonds is 2. The molecule has 2 heteroatoms. The predicted octanol–water partition coefficient (Wildman–Crippen LogP) is 4.12. The van der Waals surface area contributed by atoms with Crippen molar-refractivity contribution in [3.8, 4) is 5.75 Å². The van der Waals surface area contributed by atoms with Crippen molar-refractivity contribution < 1.29 is 9.84 Å². The first-order valence-corrected chi connectivity index (χ1v) is 7.35. The van der Waals surface area contributed by atoms with Crippen LogP contribution in [0.1, 0.15) is 54.1 Å². The molecule has 0 saturated heterocycles. The van der Waals surface area contributed by atoms with E-state index < -0.39 is 6.10 Å². The number of ether oxygens (including phenoxy) is 1. The van der Waals surface area contributed by atoms with Gasteiger partial charge in [0.05, 0.1) is 6.10 Å². The predicted molar refractivity (Wildman–Crippen MR) is 77.8 cm³/mol. The van der Waals surface area contributed by atoms with Crippen molar-refractivity contribution in [2.45, 2.75) is 37.4 Å². The molecule has 1 fully saturated rings. The van der Waals surface area contributed by atoms with Gasteiger partial charge >= 0.3 is 0 Å². The Morgan fingerprint density at radius 3 is 2.35 bits per heavy atom. The zero-order valence-electron chi connectivity index (χ0n) is 11.3. The monoisotopic (exact) mass is 266 g/mol. The van der Waals surface area contributed by atoms with E-state index in [1.807, 2.05) is 24.3 Å². The van der Waals surface area contributed by atoms with Gasteiger partial charge in [0, 0.05) is 12.0 Å². The summed E-state index contributed by atoms with van der Waals surface area (Å²) in [6.07, 6.45) is 2.79. The summed E-state index contributed by atoms with van der Waals surface area (Å²) in [5.74, 6) is 1.59. The highest BCUT2D eigenvalue weighted by atomic mass is 16.5. The first kappa shape index (κ1) is 12.0. The molecule has 4 rings (SSSR count). The Hall–Kier alpha value is -1.80. The van der Waals surface area contributed by atoms with Gasteiger partial charge in [0.25, 0.3) is 0 Å². The quantitative estimate of drug-likeness (QED) is 0.886. The van der Waals surface area contributed by atoms with Gasteiger partial charge in [0.15, 0.2) is 0 Å². The van der Waals surface area contributed by atoms with Crippen LogP contribution in [0.5, 0.6) is 5.75 Å². The smallest absolute Gasteiger partial charge is 0.127 e. The Balaban J connectivity index is 1.60. The van der Waals surface area contributed by atoms with Gasteiger partial charge in [-0.15, -0.1) is 0 Å². The van der Waals surface area contributed by atoms with Crippen LogP contribution in [0.2, 0.25) is 0 Å². The molecular weight excluding hydrogens is 248 g/mol. The van der Waals surface area contributed by atoms with Gasteiger partial charge < -0.3 is 9.84 Å². The largest absolute Gasteiger partial charge is 0.485 e. The number of hydrogen-bond donors (Lipinski definition) is 1. The lowest BCUT2D eigenvalue weighted by molar-refractivity contribution is 0.0657. The van der Waals surface area contributed by atoms with Crippen LogP contribution in [0.25, 0.3) is 0 Å². The van der Waals surface area contributed by atoms with Gasteiger partial charge in [-0.2, -0.15) is 0 Å². The molecule has 0 spiro atoms. The molecule has 0 amide bonds. The van der Waals surface area contributed by atoms with E-state index in [4.69, 9.17) is 4.74 Å². The number of benzene rings is 2. The van der Waals surface area contributed by atoms with Gasteiger partial charge in [0.2, 0.25) is 0 Å². The van der Waals surface area contributed by atoms with Crippen molar-refractivity contribution in [1.82, 2.24) is 0 Å². The third-order valence-electron chi connectivity index (χ3n) is 4.34. The second-order valence-electron chi connectivity index (χ2n) is 5.84. The summed E-state index contributed by atoms with van der Waals surface area (Å²) in [5, 5.41) is 10.3. The lowest BCUT2D eigenvalue weighted by atomic mass is 9.94. The Morgan fingerprint density at radius 2 is 1.60 bits per heavy atom. The van der Waals surface area contributed by atoms with Crippen LogP contribution in [0.15, 0.2) is 48.5 Å². The molecule has 0 radical (unpaired) electrons. The summed E-state index contributed by atoms with van der Waals surface area (Å²) in [6, 6.07) is 16.5. The van der Waals surface area contributed by atoms with E-state index in [-0.39, 0.29) is 6.10 Å². The van der Waals surface area contributed by atoms with E-state index in [0.29, 0.717) is 6.42 Å². The van der Waals surface area contributed by atoms with E-state index >= 15 is 0 Å². The van der Waals surface area contributed by atoms with Crippen molar-refractivity contribution in [3.63, 3.8) is 0 Å². The molecule has 1 aliphatic carbocycles. The standard InChI is InChI=1S/C18H18O2/c19-16-11-18(20-17-4-2-1-3-15(16)17)14-9-7-13(8-10-14)12-5-6-12/h1-4,7-10,12,16,18-19H,5-6,11H2/t16-,18?/m1/s1. The van der Waals surface area contributed by atoms with Gasteiger partial charge in [0.1, 0.15) is 11.9 Å². The average Bonchev–Trinajstić information content (AvgIpc) is 3.32. The molecule has 102 valence electrons. The Labute approximate surface area is 119 Å². The molecule has 1 N–H and O–H groups in total. The number of para-hydroxylation sites is 1. The molecule has 2 aromatic rings. The molecule has 2 nitrogen and oxygen atoms in total. The number of fused-ring (bicyclic) bond motifs is 1. The molecule has 0 aromatic heterocycles. The minimum absolute atomic E-state index is 0.0480. The van der Waals surface area contributed by atoms with E-state index in [9.17, 15) is 5.11 Å². The normalized spacial score (nSPS) is 24.9. The third kappa shape index (κ3) is 2.10. The molecule has 1 saturated carbocycles. The highest BCUT2D eigenvalue weighted by Crippen LogP contribution is 2.42. The summed E-state index contributed by atoms with van der Waals surface area (Å²) in [7, 11) is 0. The molecule has 1 heterocycles. The van der Waals surface area contributed by atoms with Crippen molar-refractivity contribution in [1.29, 1.82) is 0 Å². The number of aliphatic hydroxyl groups excluding tert-OH is 1. The minimum atomic E-state index is -0.437. The number of aliphatic hydroxyl groups is 1. The third-order valence-corrected chi connectivity index (χ3v) is 4.34. The van der Waals surface area contributed by atoms with E-state index in [0.717, 1.165) is 22.8 Å². The lowest BCUT2D eigenvalue weighted by Gasteiger charge is -2.30. The Kier molecular flexibility index (Phi) is 2.78. The van der Waals surface area contributed by atoms with Gasteiger partial charge in [-0.05, 0) is 36.0 Å². The Bertz CT molecular complexity index is 614. The van der Waals surface area contributed by atoms with Crippen LogP contribution < -0.4 is 4.74 Å². The van der Waals surface area contributed by atoms with E-state index in [2.05, 4.69) is 24.3 Å². The van der Waals surface area contributed by atoms with E-state index in [1.165, 1.54) is 18.4 Å². The second kappa shape index (κ2) is 4.64. The maximum atomic E-state index is 10.3. The van der Waals surface area contributed by atoms with Gasteiger partial charge in [-0.3, -0.25) is 0 Å². The summed E-state index contributed by atoms with van der Waals surface area (Å²) in [4.78, 5) is 0. The van der Waals surface area contributed by atoms with Gasteiger partial charge in [-0.25, -0.2) is 0 Å². The summed E-state index contributed by atoms with van der Waals surface area (Å²) < 4.78 is 6.04. The van der Waals surface area contributed by atoms with Crippen LogP contribution in [0, 0.1) is 0 Å². The van der Waals surface area contributed by atoms with E-state index in [1.54, 1.807) is 0 Å². The lowest BCUT2D eigenvalue weighted by Crippen LogP contribution is -2.18. The summed E-state index contributed by atoms with van der Waals surface area (Å²) >= 11 is 0. The fourth-order valence-electron chi connectivity index (χ4n) is 3.00. The molecule has 1 unspecified atom stereocenters. The maximum Gasteiger partial charge on any atom is 0.127 e. The first-order chi connectivity index (χ1) is 9.81. The Morgan fingerprint density at radius 1 is 0.900 bits per heavy atom. The van der Waals surface area contributed by atoms with Crippen LogP contribution in [0.4, 0.5) is 0 Å². The molecule has 20 heavy (non-hydrogen) atoms. The van der Waals surface area contributed by atoms with Crippen LogP contribution >= 0.6 is 0 Å². The molecule has 2 aromatic carbocycles. The zero-order chi connectivity index (χ0) is 13.5. The number of hydrogen-bond acceptors (Lipinski definition) is 2. The molecule has 0 bridgehead atoms. The molecule has 1 aliphatic heterocycles. The van der Waals surface area contributed by atoms with Gasteiger partial charge in [-0.1, -0.05) is 42.5 Å². The average molecular weight is 266 g/mol. The highest BCUT2D eigenvalue weighted by molar-refractivity contribution is 5.39. The minimum Gasteiger partial charge on any atom is -0.485 e. The van der Waals surface area contributed by atoms with Crippen molar-refractivity contribution >= 4 is 0 Å². The zero-order valence-corrected chi connectivity index (χ0v) is 11.3. The van der Waals surface area contributed by atoms with Crippen molar-refractivity contribution in [2.24, 2.45) is 0 Å². The fourth-order valence-corrected chi connectivity index (χ4v) is 3.00. The molecule has 2 aliphatic rings. The van der Waals surface area contributed by atoms with Crippen LogP contribution in [-0.2, 0) is 0 Å². The summed E-state index contributed by atoms with van der Waals surface area (Å²) in [6.45, 7) is 0. The first-order valence-electron chi connectivity index (χ1n) is 7.35. The maximum absolute atomic E-state index is 10.3. The van der Waals surface area contributed by atoms with Crippen molar-refractivity contribution in [3.05, 3.63) is 65.2 Å². The van der Waals surface area contributed by atoms with Crippen LogP contribution in [-0.4, -0.2) is 5.11 Å². The topological polar surface area (TPSA) is 29.5 Å². The molecule has 2 atom stereocenters. The highest BCUT2D eigenvalue weighted by Gasteiger charge is 2.28.